The Bertz CT molecular complexity index is 619. The molecule has 0 aliphatic heterocycles. The molecule has 1 atom stereocenters. The van der Waals surface area contributed by atoms with Crippen LogP contribution < -0.4 is 10.6 Å². The molecule has 2 rings (SSSR count). The van der Waals surface area contributed by atoms with Crippen molar-refractivity contribution in [2.24, 2.45) is 0 Å². The van der Waals surface area contributed by atoms with E-state index in [0.29, 0.717) is 41.7 Å². The molecule has 0 bridgehead atoms. The van der Waals surface area contributed by atoms with Crippen molar-refractivity contribution in [1.82, 2.24) is 20.6 Å². The number of aromatic nitrogens is 3. The van der Waals surface area contributed by atoms with Crippen LogP contribution in [0.15, 0.2) is 9.05 Å². The van der Waals surface area contributed by atoms with Gasteiger partial charge in [0.05, 0.1) is 6.04 Å². The van der Waals surface area contributed by atoms with Crippen molar-refractivity contribution in [2.75, 3.05) is 5.32 Å². The zero-order valence-electron chi connectivity index (χ0n) is 12.6. The fourth-order valence-electron chi connectivity index (χ4n) is 1.93. The number of rotatable bonds is 5. The molecule has 0 fully saturated rings. The van der Waals surface area contributed by atoms with Gasteiger partial charge in [-0.05, 0) is 13.3 Å². The van der Waals surface area contributed by atoms with Crippen LogP contribution in [0, 0.1) is 13.8 Å². The van der Waals surface area contributed by atoms with Gasteiger partial charge in [-0.2, -0.15) is 4.98 Å². The van der Waals surface area contributed by atoms with E-state index in [1.165, 1.54) is 0 Å². The minimum Gasteiger partial charge on any atom is -0.359 e. The molecular formula is C13H19N5O3. The lowest BCUT2D eigenvalue weighted by Crippen LogP contribution is -2.33. The van der Waals surface area contributed by atoms with Crippen molar-refractivity contribution in [1.29, 1.82) is 0 Å². The maximum absolute atomic E-state index is 12.1. The Labute approximate surface area is 122 Å². The highest BCUT2D eigenvalue weighted by atomic mass is 16.5. The number of nitrogens with zero attached hydrogens (tertiary/aromatic N) is 3. The average molecular weight is 293 g/mol. The SMILES string of the molecule is CCc1onc(C)c1NC(=O)N[C@H](CC)c1noc(C)n1. The van der Waals surface area contributed by atoms with E-state index in [-0.39, 0.29) is 12.1 Å². The normalized spacial score (nSPS) is 12.2. The van der Waals surface area contributed by atoms with E-state index in [9.17, 15) is 4.79 Å². The number of amides is 2. The Morgan fingerprint density at radius 2 is 2.00 bits per heavy atom. The Balaban J connectivity index is 2.05. The van der Waals surface area contributed by atoms with Crippen LogP contribution in [-0.4, -0.2) is 21.3 Å². The molecule has 2 N–H and O–H groups in total. The van der Waals surface area contributed by atoms with Crippen LogP contribution in [0.1, 0.15) is 49.5 Å². The van der Waals surface area contributed by atoms with Gasteiger partial charge in [-0.1, -0.05) is 24.2 Å². The third-order valence-corrected chi connectivity index (χ3v) is 3.06. The molecule has 0 aromatic carbocycles. The van der Waals surface area contributed by atoms with Crippen LogP contribution in [-0.2, 0) is 6.42 Å². The monoisotopic (exact) mass is 293 g/mol. The van der Waals surface area contributed by atoms with Crippen LogP contribution >= 0.6 is 0 Å². The van der Waals surface area contributed by atoms with Gasteiger partial charge >= 0.3 is 6.03 Å². The van der Waals surface area contributed by atoms with Crippen molar-refractivity contribution in [2.45, 2.75) is 46.6 Å². The largest absolute Gasteiger partial charge is 0.359 e. The molecule has 8 heteroatoms. The Kier molecular flexibility index (Phi) is 4.56. The first-order chi connectivity index (χ1) is 10.0. The first kappa shape index (κ1) is 15.0. The number of anilines is 1. The van der Waals surface area contributed by atoms with Crippen molar-refractivity contribution in [3.05, 3.63) is 23.2 Å². The number of hydrogen-bond donors (Lipinski definition) is 2. The molecule has 2 heterocycles. The van der Waals surface area contributed by atoms with Gasteiger partial charge in [-0.25, -0.2) is 4.79 Å². The lowest BCUT2D eigenvalue weighted by molar-refractivity contribution is 0.247. The minimum absolute atomic E-state index is 0.312. The standard InChI is InChI=1S/C13H19N5O3/c1-5-9(12-14-8(4)20-18-12)15-13(19)16-11-7(3)17-21-10(11)6-2/h9H,5-6H2,1-4H3,(H2,15,16,19)/t9-/m1/s1. The molecule has 0 unspecified atom stereocenters. The molecule has 2 amide bonds. The van der Waals surface area contributed by atoms with Crippen LogP contribution in [0.4, 0.5) is 10.5 Å². The Morgan fingerprint density at radius 3 is 2.57 bits per heavy atom. The zero-order chi connectivity index (χ0) is 15.4. The number of aryl methyl sites for hydroxylation is 3. The van der Waals surface area contributed by atoms with Crippen LogP contribution in [0.2, 0.25) is 0 Å². The molecule has 0 radical (unpaired) electrons. The third-order valence-electron chi connectivity index (χ3n) is 3.06. The maximum Gasteiger partial charge on any atom is 0.319 e. The van der Waals surface area contributed by atoms with E-state index in [1.807, 2.05) is 13.8 Å². The van der Waals surface area contributed by atoms with Gasteiger partial charge < -0.3 is 19.7 Å². The lowest BCUT2D eigenvalue weighted by atomic mass is 10.2. The molecule has 21 heavy (non-hydrogen) atoms. The van der Waals surface area contributed by atoms with E-state index in [4.69, 9.17) is 9.05 Å². The first-order valence-corrected chi connectivity index (χ1v) is 6.88. The van der Waals surface area contributed by atoms with E-state index in [0.717, 1.165) is 0 Å². The maximum atomic E-state index is 12.1. The predicted molar refractivity (Wildman–Crippen MR) is 74.8 cm³/mol. The number of carbonyl (C=O) groups excluding carboxylic acids is 1. The lowest BCUT2D eigenvalue weighted by Gasteiger charge is -2.13. The average Bonchev–Trinajstić information content (AvgIpc) is 3.03. The fourth-order valence-corrected chi connectivity index (χ4v) is 1.93. The van der Waals surface area contributed by atoms with Gasteiger partial charge in [0, 0.05) is 13.3 Å². The quantitative estimate of drug-likeness (QED) is 0.877. The summed E-state index contributed by atoms with van der Waals surface area (Å²) in [5.74, 6) is 1.57. The van der Waals surface area contributed by atoms with Gasteiger partial charge in [0.1, 0.15) is 11.4 Å². The molecule has 0 saturated carbocycles. The van der Waals surface area contributed by atoms with Crippen molar-refractivity contribution in [3.8, 4) is 0 Å². The summed E-state index contributed by atoms with van der Waals surface area (Å²) in [6, 6.07) is -0.669. The Hall–Kier alpha value is -2.38. The molecule has 0 aliphatic rings. The minimum atomic E-state index is -0.356. The molecular weight excluding hydrogens is 274 g/mol. The van der Waals surface area contributed by atoms with Gasteiger partial charge in [0.2, 0.25) is 5.89 Å². The van der Waals surface area contributed by atoms with E-state index in [2.05, 4.69) is 25.9 Å². The molecule has 8 nitrogen and oxygen atoms in total. The summed E-state index contributed by atoms with van der Waals surface area (Å²) in [6.07, 6.45) is 1.30. The summed E-state index contributed by atoms with van der Waals surface area (Å²) in [4.78, 5) is 16.2. The summed E-state index contributed by atoms with van der Waals surface area (Å²) >= 11 is 0. The van der Waals surface area contributed by atoms with Gasteiger partial charge in [-0.3, -0.25) is 0 Å². The van der Waals surface area contributed by atoms with E-state index < -0.39 is 0 Å². The highest BCUT2D eigenvalue weighted by molar-refractivity contribution is 5.90. The Morgan fingerprint density at radius 1 is 1.24 bits per heavy atom. The fraction of sp³-hybridized carbons (Fsp3) is 0.538. The molecule has 2 aromatic rings. The van der Waals surface area contributed by atoms with Gasteiger partial charge in [0.15, 0.2) is 11.6 Å². The highest BCUT2D eigenvalue weighted by Gasteiger charge is 2.20. The smallest absolute Gasteiger partial charge is 0.319 e. The van der Waals surface area contributed by atoms with Crippen molar-refractivity contribution >= 4 is 11.7 Å². The summed E-state index contributed by atoms with van der Waals surface area (Å²) in [5, 5.41) is 13.2. The zero-order valence-corrected chi connectivity index (χ0v) is 12.6. The number of carbonyl (C=O) groups is 1. The van der Waals surface area contributed by atoms with Crippen LogP contribution in [0.3, 0.4) is 0 Å². The van der Waals surface area contributed by atoms with Gasteiger partial charge in [-0.15, -0.1) is 0 Å². The van der Waals surface area contributed by atoms with Crippen LogP contribution in [0.25, 0.3) is 0 Å². The second-order valence-electron chi connectivity index (χ2n) is 4.65. The first-order valence-electron chi connectivity index (χ1n) is 6.88. The predicted octanol–water partition coefficient (Wildman–Crippen LogP) is 2.51. The summed E-state index contributed by atoms with van der Waals surface area (Å²) in [5.41, 5.74) is 1.25. The second-order valence-corrected chi connectivity index (χ2v) is 4.65. The highest BCUT2D eigenvalue weighted by Crippen LogP contribution is 2.21. The number of nitrogens with one attached hydrogen (secondary N) is 2. The molecule has 0 spiro atoms. The molecule has 0 aliphatic carbocycles. The summed E-state index contributed by atoms with van der Waals surface area (Å²) in [7, 11) is 0. The second kappa shape index (κ2) is 6.38. The van der Waals surface area contributed by atoms with E-state index >= 15 is 0 Å². The van der Waals surface area contributed by atoms with Crippen LogP contribution in [0.5, 0.6) is 0 Å². The third kappa shape index (κ3) is 3.39. The van der Waals surface area contributed by atoms with Gasteiger partial charge in [0.25, 0.3) is 0 Å². The van der Waals surface area contributed by atoms with Crippen molar-refractivity contribution < 1.29 is 13.8 Å². The topological polar surface area (TPSA) is 106 Å². The molecule has 2 aromatic heterocycles. The summed E-state index contributed by atoms with van der Waals surface area (Å²) in [6.45, 7) is 7.34. The van der Waals surface area contributed by atoms with E-state index in [1.54, 1.807) is 13.8 Å². The van der Waals surface area contributed by atoms with Crippen molar-refractivity contribution in [3.63, 3.8) is 0 Å². The summed E-state index contributed by atoms with van der Waals surface area (Å²) < 4.78 is 10.1. The number of hydrogen-bond acceptors (Lipinski definition) is 6. The molecule has 114 valence electrons. The number of urea groups is 1. The molecule has 0 saturated heterocycles.